The summed E-state index contributed by atoms with van der Waals surface area (Å²) in [5.41, 5.74) is 6.03. The van der Waals surface area contributed by atoms with E-state index in [1.165, 1.54) is 18.5 Å². The normalized spacial score (nSPS) is 20.6. The van der Waals surface area contributed by atoms with Gasteiger partial charge in [0.05, 0.1) is 12.6 Å². The van der Waals surface area contributed by atoms with Crippen molar-refractivity contribution in [3.05, 3.63) is 42.0 Å². The standard InChI is InChI=1S/C23H29F3N6O3/c24-20-21(28-9-15-7-8-31(11-18(15)33)12-19(27)34)29-13-30-22(20)32(16-3-4-16)10-14-1-5-17(6-2-14)35-23(25)26/h1-2,5-6,13,15-16,18,23,33H,3-4,7-12H2,(H2,27,34)(H,28,29,30)/t15-,18+/m1/s1. The Bertz CT molecular complexity index is 1010. The van der Waals surface area contributed by atoms with Gasteiger partial charge in [-0.25, -0.2) is 9.97 Å². The van der Waals surface area contributed by atoms with Gasteiger partial charge in [0.1, 0.15) is 12.1 Å². The molecule has 190 valence electrons. The Hall–Kier alpha value is -3.12. The third kappa shape index (κ3) is 6.73. The SMILES string of the molecule is NC(=O)CN1CC[C@H](CNc2ncnc(N(Cc3ccc(OC(F)F)cc3)C3CC3)c2F)[C@@H](O)C1. The summed E-state index contributed by atoms with van der Waals surface area (Å²) in [6.45, 7) is -1.20. The van der Waals surface area contributed by atoms with Gasteiger partial charge in [0.15, 0.2) is 11.6 Å². The molecule has 2 atom stereocenters. The predicted molar refractivity (Wildman–Crippen MR) is 123 cm³/mol. The third-order valence-corrected chi connectivity index (χ3v) is 6.25. The molecule has 2 aromatic rings. The van der Waals surface area contributed by atoms with Gasteiger partial charge in [-0.2, -0.15) is 13.2 Å². The number of primary amides is 1. The molecular formula is C23H29F3N6O3. The maximum Gasteiger partial charge on any atom is 0.387 e. The van der Waals surface area contributed by atoms with Crippen molar-refractivity contribution >= 4 is 17.5 Å². The highest BCUT2D eigenvalue weighted by atomic mass is 19.3. The van der Waals surface area contributed by atoms with E-state index >= 15 is 4.39 Å². The van der Waals surface area contributed by atoms with Crippen LogP contribution in [0, 0.1) is 11.7 Å². The number of carbonyl (C=O) groups excluding carboxylic acids is 1. The molecule has 1 amide bonds. The molecule has 9 nitrogen and oxygen atoms in total. The predicted octanol–water partition coefficient (Wildman–Crippen LogP) is 1.97. The van der Waals surface area contributed by atoms with Gasteiger partial charge < -0.3 is 25.8 Å². The minimum absolute atomic E-state index is 0.0492. The summed E-state index contributed by atoms with van der Waals surface area (Å²) in [7, 11) is 0. The Kier molecular flexibility index (Phi) is 7.91. The van der Waals surface area contributed by atoms with Crippen molar-refractivity contribution in [3.63, 3.8) is 0 Å². The zero-order valence-electron chi connectivity index (χ0n) is 19.1. The van der Waals surface area contributed by atoms with E-state index in [0.29, 0.717) is 32.6 Å². The molecule has 2 fully saturated rings. The third-order valence-electron chi connectivity index (χ3n) is 6.25. The van der Waals surface area contributed by atoms with Crippen molar-refractivity contribution in [2.24, 2.45) is 11.7 Å². The van der Waals surface area contributed by atoms with E-state index in [1.807, 2.05) is 4.90 Å². The number of aromatic nitrogens is 2. The zero-order chi connectivity index (χ0) is 24.9. The summed E-state index contributed by atoms with van der Waals surface area (Å²) in [6, 6.07) is 6.36. The molecule has 12 heteroatoms. The van der Waals surface area contributed by atoms with Crippen LogP contribution in [0.4, 0.5) is 24.8 Å². The summed E-state index contributed by atoms with van der Waals surface area (Å²) in [6.07, 6.45) is 3.03. The summed E-state index contributed by atoms with van der Waals surface area (Å²) in [5, 5.41) is 13.4. The Morgan fingerprint density at radius 2 is 2.00 bits per heavy atom. The molecule has 1 saturated heterocycles. The minimum atomic E-state index is -2.89. The summed E-state index contributed by atoms with van der Waals surface area (Å²) >= 11 is 0. The maximum absolute atomic E-state index is 15.4. The first-order valence-electron chi connectivity index (χ1n) is 11.5. The van der Waals surface area contributed by atoms with Crippen molar-refractivity contribution in [1.29, 1.82) is 0 Å². The van der Waals surface area contributed by atoms with E-state index in [-0.39, 0.29) is 35.9 Å². The highest BCUT2D eigenvalue weighted by Gasteiger charge is 2.33. The first-order valence-corrected chi connectivity index (χ1v) is 11.5. The number of alkyl halides is 2. The van der Waals surface area contributed by atoms with E-state index in [1.54, 1.807) is 17.0 Å². The van der Waals surface area contributed by atoms with Gasteiger partial charge >= 0.3 is 6.61 Å². The van der Waals surface area contributed by atoms with Crippen molar-refractivity contribution < 1.29 is 27.8 Å². The number of aliphatic hydroxyl groups excluding tert-OH is 1. The Morgan fingerprint density at radius 3 is 2.63 bits per heavy atom. The Labute approximate surface area is 201 Å². The van der Waals surface area contributed by atoms with Crippen LogP contribution in [0.1, 0.15) is 24.8 Å². The quantitative estimate of drug-likeness (QED) is 0.434. The van der Waals surface area contributed by atoms with Crippen molar-refractivity contribution in [3.8, 4) is 5.75 Å². The number of likely N-dealkylation sites (tertiary alicyclic amines) is 1. The number of nitrogens with two attached hydrogens (primary N) is 1. The maximum atomic E-state index is 15.4. The van der Waals surface area contributed by atoms with Crippen molar-refractivity contribution in [1.82, 2.24) is 14.9 Å². The molecule has 2 aliphatic rings. The number of hydrogen-bond donors (Lipinski definition) is 3. The van der Waals surface area contributed by atoms with E-state index in [0.717, 1.165) is 18.4 Å². The van der Waals surface area contributed by atoms with Crippen LogP contribution in [0.2, 0.25) is 0 Å². The van der Waals surface area contributed by atoms with Gasteiger partial charge in [-0.05, 0) is 43.5 Å². The lowest BCUT2D eigenvalue weighted by Gasteiger charge is -2.35. The number of nitrogens with zero attached hydrogens (tertiary/aromatic N) is 4. The second kappa shape index (κ2) is 11.1. The smallest absolute Gasteiger partial charge is 0.387 e. The van der Waals surface area contributed by atoms with E-state index in [4.69, 9.17) is 5.73 Å². The number of benzene rings is 1. The van der Waals surface area contributed by atoms with Crippen LogP contribution in [-0.2, 0) is 11.3 Å². The molecular weight excluding hydrogens is 465 g/mol. The number of β-amino-alcohol motifs (C(OH)–C–C–N with tert-alkyl or cyclic N) is 1. The lowest BCUT2D eigenvalue weighted by atomic mass is 9.93. The van der Waals surface area contributed by atoms with Gasteiger partial charge in [-0.3, -0.25) is 9.69 Å². The summed E-state index contributed by atoms with van der Waals surface area (Å²) < 4.78 is 44.6. The van der Waals surface area contributed by atoms with Crippen LogP contribution in [0.5, 0.6) is 5.75 Å². The lowest BCUT2D eigenvalue weighted by molar-refractivity contribution is -0.120. The number of halogens is 3. The number of rotatable bonds is 11. The number of ether oxygens (including phenoxy) is 1. The summed E-state index contributed by atoms with van der Waals surface area (Å²) in [5.74, 6) is -0.892. The van der Waals surface area contributed by atoms with Crippen LogP contribution in [0.25, 0.3) is 0 Å². The number of nitrogens with one attached hydrogen (secondary N) is 1. The molecule has 1 aliphatic heterocycles. The highest BCUT2D eigenvalue weighted by molar-refractivity contribution is 5.75. The molecule has 1 saturated carbocycles. The lowest BCUT2D eigenvalue weighted by Crippen LogP contribution is -2.48. The molecule has 0 radical (unpaired) electrons. The first-order chi connectivity index (χ1) is 16.8. The molecule has 0 spiro atoms. The molecule has 4 N–H and O–H groups in total. The zero-order valence-corrected chi connectivity index (χ0v) is 19.1. The number of piperidine rings is 1. The summed E-state index contributed by atoms with van der Waals surface area (Å²) in [4.78, 5) is 23.0. The second-order valence-electron chi connectivity index (χ2n) is 8.94. The van der Waals surface area contributed by atoms with Crippen molar-refractivity contribution in [2.75, 3.05) is 36.4 Å². The molecule has 1 aromatic carbocycles. The Morgan fingerprint density at radius 1 is 1.26 bits per heavy atom. The highest BCUT2D eigenvalue weighted by Crippen LogP contribution is 2.35. The van der Waals surface area contributed by atoms with Crippen LogP contribution >= 0.6 is 0 Å². The number of aliphatic hydroxyl groups is 1. The monoisotopic (exact) mass is 494 g/mol. The topological polar surface area (TPSA) is 117 Å². The largest absolute Gasteiger partial charge is 0.435 e. The molecule has 4 rings (SSSR count). The number of hydrogen-bond acceptors (Lipinski definition) is 8. The molecule has 35 heavy (non-hydrogen) atoms. The van der Waals surface area contributed by atoms with Crippen molar-refractivity contribution in [2.45, 2.75) is 44.6 Å². The first kappa shape index (κ1) is 25.0. The fourth-order valence-electron chi connectivity index (χ4n) is 4.30. The second-order valence-corrected chi connectivity index (χ2v) is 8.94. The van der Waals surface area contributed by atoms with E-state index in [2.05, 4.69) is 20.0 Å². The van der Waals surface area contributed by atoms with E-state index in [9.17, 15) is 18.7 Å². The van der Waals surface area contributed by atoms with Crippen LogP contribution < -0.4 is 20.7 Å². The van der Waals surface area contributed by atoms with Gasteiger partial charge in [-0.15, -0.1) is 0 Å². The van der Waals surface area contributed by atoms with Gasteiger partial charge in [0.2, 0.25) is 11.7 Å². The fraction of sp³-hybridized carbons (Fsp3) is 0.522. The van der Waals surface area contributed by atoms with E-state index < -0.39 is 24.4 Å². The minimum Gasteiger partial charge on any atom is -0.435 e. The average molecular weight is 495 g/mol. The molecule has 2 heterocycles. The van der Waals surface area contributed by atoms with Gasteiger partial charge in [0, 0.05) is 31.6 Å². The number of carbonyl (C=O) groups is 1. The molecule has 1 aromatic heterocycles. The van der Waals surface area contributed by atoms with Crippen LogP contribution in [-0.4, -0.2) is 70.8 Å². The Balaban J connectivity index is 1.40. The molecule has 1 aliphatic carbocycles. The molecule has 0 bridgehead atoms. The van der Waals surface area contributed by atoms with Crippen LogP contribution in [0.15, 0.2) is 30.6 Å². The van der Waals surface area contributed by atoms with Gasteiger partial charge in [0.25, 0.3) is 0 Å². The molecule has 0 unspecified atom stereocenters. The van der Waals surface area contributed by atoms with Crippen LogP contribution in [0.3, 0.4) is 0 Å². The number of anilines is 2. The average Bonchev–Trinajstić information content (AvgIpc) is 3.64. The number of amides is 1. The van der Waals surface area contributed by atoms with Gasteiger partial charge in [-0.1, -0.05) is 12.1 Å². The fourth-order valence-corrected chi connectivity index (χ4v) is 4.30.